The third-order valence-electron chi connectivity index (χ3n) is 3.10. The maximum atomic E-state index is 11.9. The number of carbonyl (C=O) groups excluding carboxylic acids is 1. The lowest BCUT2D eigenvalue weighted by Crippen LogP contribution is -2.39. The molecule has 1 aromatic heterocycles. The summed E-state index contributed by atoms with van der Waals surface area (Å²) in [6, 6.07) is 5.26. The van der Waals surface area contributed by atoms with Gasteiger partial charge in [0, 0.05) is 26.8 Å². The summed E-state index contributed by atoms with van der Waals surface area (Å²) in [6.07, 6.45) is 2.39. The van der Waals surface area contributed by atoms with Crippen LogP contribution in [0.2, 0.25) is 0 Å². The number of rotatable bonds is 2. The molecule has 0 unspecified atom stereocenters. The van der Waals surface area contributed by atoms with E-state index in [0.717, 1.165) is 13.0 Å². The molecular weight excluding hydrogens is 216 g/mol. The minimum absolute atomic E-state index is 0.108. The van der Waals surface area contributed by atoms with Gasteiger partial charge in [0.2, 0.25) is 5.91 Å². The number of nitrogens with zero attached hydrogens (tertiary/aromatic N) is 4. The van der Waals surface area contributed by atoms with Crippen molar-refractivity contribution in [1.82, 2.24) is 9.88 Å². The van der Waals surface area contributed by atoms with Crippen molar-refractivity contribution in [1.29, 1.82) is 5.26 Å². The van der Waals surface area contributed by atoms with E-state index in [2.05, 4.69) is 11.1 Å². The van der Waals surface area contributed by atoms with Crippen LogP contribution in [-0.2, 0) is 4.79 Å². The molecule has 1 fully saturated rings. The maximum absolute atomic E-state index is 11.9. The topological polar surface area (TPSA) is 60.2 Å². The monoisotopic (exact) mass is 230 g/mol. The quantitative estimate of drug-likeness (QED) is 0.747. The van der Waals surface area contributed by atoms with E-state index in [0.29, 0.717) is 11.4 Å². The molecule has 1 aliphatic rings. The summed E-state index contributed by atoms with van der Waals surface area (Å²) < 4.78 is 0. The third kappa shape index (κ3) is 2.07. The lowest BCUT2D eigenvalue weighted by Gasteiger charge is -2.24. The van der Waals surface area contributed by atoms with Gasteiger partial charge >= 0.3 is 0 Å². The second-order valence-electron chi connectivity index (χ2n) is 4.19. The minimum Gasteiger partial charge on any atom is -0.348 e. The molecule has 5 nitrogen and oxygen atoms in total. The average Bonchev–Trinajstić information content (AvgIpc) is 2.69. The van der Waals surface area contributed by atoms with Crippen LogP contribution in [-0.4, -0.2) is 42.5 Å². The zero-order valence-corrected chi connectivity index (χ0v) is 9.92. The van der Waals surface area contributed by atoms with Crippen molar-refractivity contribution in [3.05, 3.63) is 23.9 Å². The highest BCUT2D eigenvalue weighted by atomic mass is 16.2. The van der Waals surface area contributed by atoms with Crippen molar-refractivity contribution in [2.45, 2.75) is 12.5 Å². The van der Waals surface area contributed by atoms with E-state index in [1.807, 2.05) is 11.9 Å². The summed E-state index contributed by atoms with van der Waals surface area (Å²) in [5.41, 5.74) is 0.556. The Morgan fingerprint density at radius 1 is 1.65 bits per heavy atom. The standard InChI is InChI=1S/C12H14N4O/c1-15-6-4-10(12(15)17)16(2)11-7-9(8-13)3-5-14-11/h3,5,7,10H,4,6H2,1-2H3/t10-/m0/s1. The number of carbonyl (C=O) groups is 1. The molecule has 2 heterocycles. The molecule has 1 saturated heterocycles. The molecule has 1 atom stereocenters. The van der Waals surface area contributed by atoms with Crippen molar-refractivity contribution < 1.29 is 4.79 Å². The molecule has 17 heavy (non-hydrogen) atoms. The van der Waals surface area contributed by atoms with E-state index in [1.54, 1.807) is 30.3 Å². The Kier molecular flexibility index (Phi) is 2.96. The molecule has 2 rings (SSSR count). The fraction of sp³-hybridized carbons (Fsp3) is 0.417. The predicted octanol–water partition coefficient (Wildman–Crippen LogP) is 0.620. The summed E-state index contributed by atoms with van der Waals surface area (Å²) in [5, 5.41) is 8.83. The molecule has 1 aliphatic heterocycles. The number of hydrogen-bond donors (Lipinski definition) is 0. The van der Waals surface area contributed by atoms with Gasteiger partial charge < -0.3 is 9.80 Å². The van der Waals surface area contributed by atoms with E-state index in [9.17, 15) is 4.79 Å². The largest absolute Gasteiger partial charge is 0.348 e. The average molecular weight is 230 g/mol. The first-order valence-electron chi connectivity index (χ1n) is 5.47. The Morgan fingerprint density at radius 3 is 3.00 bits per heavy atom. The molecular formula is C12H14N4O. The van der Waals surface area contributed by atoms with Crippen molar-refractivity contribution in [3.63, 3.8) is 0 Å². The lowest BCUT2D eigenvalue weighted by molar-refractivity contribution is -0.127. The van der Waals surface area contributed by atoms with Crippen molar-refractivity contribution >= 4 is 11.7 Å². The molecule has 0 radical (unpaired) electrons. The van der Waals surface area contributed by atoms with Gasteiger partial charge in [-0.25, -0.2) is 4.98 Å². The van der Waals surface area contributed by atoms with Gasteiger partial charge in [-0.05, 0) is 18.6 Å². The Morgan fingerprint density at radius 2 is 2.41 bits per heavy atom. The van der Waals surface area contributed by atoms with Gasteiger partial charge in [0.1, 0.15) is 11.9 Å². The number of anilines is 1. The SMILES string of the molecule is CN1CC[C@H](N(C)c2cc(C#N)ccn2)C1=O. The van der Waals surface area contributed by atoms with Crippen LogP contribution in [0.5, 0.6) is 0 Å². The van der Waals surface area contributed by atoms with Gasteiger partial charge in [0.05, 0.1) is 11.6 Å². The van der Waals surface area contributed by atoms with Crippen LogP contribution in [0.4, 0.5) is 5.82 Å². The number of pyridine rings is 1. The summed E-state index contributed by atoms with van der Waals surface area (Å²) in [7, 11) is 3.64. The van der Waals surface area contributed by atoms with Crippen molar-refractivity contribution in [2.24, 2.45) is 0 Å². The zero-order chi connectivity index (χ0) is 12.4. The highest BCUT2D eigenvalue weighted by Crippen LogP contribution is 2.20. The highest BCUT2D eigenvalue weighted by Gasteiger charge is 2.32. The summed E-state index contributed by atoms with van der Waals surface area (Å²) in [5.74, 6) is 0.773. The smallest absolute Gasteiger partial charge is 0.245 e. The van der Waals surface area contributed by atoms with Crippen LogP contribution in [0.15, 0.2) is 18.3 Å². The number of likely N-dealkylation sites (N-methyl/N-ethyl adjacent to an activating group) is 2. The fourth-order valence-corrected chi connectivity index (χ4v) is 2.00. The van der Waals surface area contributed by atoms with E-state index in [1.165, 1.54) is 0 Å². The molecule has 0 saturated carbocycles. The lowest BCUT2D eigenvalue weighted by atomic mass is 10.2. The van der Waals surface area contributed by atoms with E-state index in [4.69, 9.17) is 5.26 Å². The van der Waals surface area contributed by atoms with Crippen LogP contribution in [0.25, 0.3) is 0 Å². The second kappa shape index (κ2) is 4.42. The Labute approximate surface area is 100 Å². The first-order chi connectivity index (χ1) is 8.13. The summed E-state index contributed by atoms with van der Waals surface area (Å²) >= 11 is 0. The van der Waals surface area contributed by atoms with Crippen molar-refractivity contribution in [3.8, 4) is 6.07 Å². The zero-order valence-electron chi connectivity index (χ0n) is 9.92. The molecule has 0 spiro atoms. The van der Waals surface area contributed by atoms with Crippen LogP contribution in [0.3, 0.4) is 0 Å². The fourth-order valence-electron chi connectivity index (χ4n) is 2.00. The van der Waals surface area contributed by atoms with E-state index in [-0.39, 0.29) is 11.9 Å². The Balaban J connectivity index is 2.22. The van der Waals surface area contributed by atoms with E-state index < -0.39 is 0 Å². The Hall–Kier alpha value is -2.09. The van der Waals surface area contributed by atoms with Gasteiger partial charge in [-0.3, -0.25) is 4.79 Å². The molecule has 1 aromatic rings. The van der Waals surface area contributed by atoms with Gasteiger partial charge in [-0.2, -0.15) is 5.26 Å². The Bertz CT molecular complexity index is 480. The first-order valence-corrected chi connectivity index (χ1v) is 5.47. The predicted molar refractivity (Wildman–Crippen MR) is 63.4 cm³/mol. The van der Waals surface area contributed by atoms with Gasteiger partial charge in [0.25, 0.3) is 0 Å². The summed E-state index contributed by atoms with van der Waals surface area (Å²) in [6.45, 7) is 0.770. The molecule has 0 aliphatic carbocycles. The first kappa shape index (κ1) is 11.4. The number of aromatic nitrogens is 1. The number of likely N-dealkylation sites (tertiary alicyclic amines) is 1. The van der Waals surface area contributed by atoms with Crippen LogP contribution in [0, 0.1) is 11.3 Å². The molecule has 0 aromatic carbocycles. The molecule has 88 valence electrons. The second-order valence-corrected chi connectivity index (χ2v) is 4.19. The van der Waals surface area contributed by atoms with Crippen LogP contribution >= 0.6 is 0 Å². The molecule has 1 amide bonds. The number of hydrogen-bond acceptors (Lipinski definition) is 4. The summed E-state index contributed by atoms with van der Waals surface area (Å²) in [4.78, 5) is 19.6. The highest BCUT2D eigenvalue weighted by molar-refractivity contribution is 5.86. The van der Waals surface area contributed by atoms with Crippen molar-refractivity contribution in [2.75, 3.05) is 25.5 Å². The molecule has 5 heteroatoms. The van der Waals surface area contributed by atoms with Crippen LogP contribution < -0.4 is 4.90 Å². The number of amides is 1. The maximum Gasteiger partial charge on any atom is 0.245 e. The third-order valence-corrected chi connectivity index (χ3v) is 3.10. The number of nitriles is 1. The van der Waals surface area contributed by atoms with E-state index >= 15 is 0 Å². The normalized spacial score (nSPS) is 19.2. The molecule has 0 N–H and O–H groups in total. The minimum atomic E-state index is -0.165. The van der Waals surface area contributed by atoms with Gasteiger partial charge in [-0.1, -0.05) is 0 Å². The molecule has 0 bridgehead atoms. The van der Waals surface area contributed by atoms with Gasteiger partial charge in [0.15, 0.2) is 0 Å². The van der Waals surface area contributed by atoms with Crippen LogP contribution in [0.1, 0.15) is 12.0 Å². The van der Waals surface area contributed by atoms with Gasteiger partial charge in [-0.15, -0.1) is 0 Å².